The van der Waals surface area contributed by atoms with Gasteiger partial charge in [0.15, 0.2) is 12.5 Å². The largest absolute Gasteiger partial charge is 0.349 e. The maximum atomic E-state index is 12.8. The SMILES string of the molecule is CC(C)[C@H]1COC(C=O)N1C(=O)[C@@H](C)c1ccc(Cl)cc1. The van der Waals surface area contributed by atoms with Crippen molar-refractivity contribution < 1.29 is 14.3 Å². The van der Waals surface area contributed by atoms with Gasteiger partial charge >= 0.3 is 0 Å². The van der Waals surface area contributed by atoms with Crippen LogP contribution in [0.2, 0.25) is 5.02 Å². The van der Waals surface area contributed by atoms with Gasteiger partial charge in [-0.2, -0.15) is 0 Å². The van der Waals surface area contributed by atoms with E-state index in [4.69, 9.17) is 16.3 Å². The molecular weight excluding hydrogens is 290 g/mol. The molecule has 4 nitrogen and oxygen atoms in total. The van der Waals surface area contributed by atoms with Crippen LogP contribution in [0.1, 0.15) is 32.3 Å². The Labute approximate surface area is 130 Å². The third-order valence-electron chi connectivity index (χ3n) is 3.95. The van der Waals surface area contributed by atoms with Gasteiger partial charge in [-0.3, -0.25) is 9.59 Å². The Hall–Kier alpha value is -1.39. The number of carbonyl (C=O) groups is 2. The minimum Gasteiger partial charge on any atom is -0.349 e. The maximum Gasteiger partial charge on any atom is 0.232 e. The van der Waals surface area contributed by atoms with E-state index >= 15 is 0 Å². The average molecular weight is 310 g/mol. The van der Waals surface area contributed by atoms with E-state index in [1.165, 1.54) is 0 Å². The van der Waals surface area contributed by atoms with E-state index in [-0.39, 0.29) is 23.8 Å². The highest BCUT2D eigenvalue weighted by atomic mass is 35.5. The number of rotatable bonds is 4. The van der Waals surface area contributed by atoms with E-state index in [0.29, 0.717) is 17.9 Å². The molecule has 1 saturated heterocycles. The van der Waals surface area contributed by atoms with Crippen molar-refractivity contribution in [3.8, 4) is 0 Å². The first kappa shape index (κ1) is 16.0. The lowest BCUT2D eigenvalue weighted by molar-refractivity contribution is -0.144. The Morgan fingerprint density at radius 3 is 2.48 bits per heavy atom. The topological polar surface area (TPSA) is 46.6 Å². The standard InChI is InChI=1S/C16H20ClNO3/c1-10(2)14-9-21-15(8-19)18(14)16(20)11(3)12-4-6-13(17)7-5-12/h4-8,10-11,14-15H,9H2,1-3H3/t11-,14+,15?/m0/s1. The van der Waals surface area contributed by atoms with Crippen LogP contribution in [-0.4, -0.2) is 36.0 Å². The minimum absolute atomic E-state index is 0.0672. The molecule has 0 aliphatic carbocycles. The summed E-state index contributed by atoms with van der Waals surface area (Å²) in [5.41, 5.74) is 0.878. The number of hydrogen-bond acceptors (Lipinski definition) is 3. The highest BCUT2D eigenvalue weighted by Gasteiger charge is 2.40. The molecule has 0 aromatic heterocycles. The second-order valence-corrected chi connectivity index (χ2v) is 6.13. The highest BCUT2D eigenvalue weighted by Crippen LogP contribution is 2.28. The highest BCUT2D eigenvalue weighted by molar-refractivity contribution is 6.30. The van der Waals surface area contributed by atoms with Gasteiger partial charge in [0.2, 0.25) is 5.91 Å². The molecule has 0 radical (unpaired) electrons. The summed E-state index contributed by atoms with van der Waals surface area (Å²) in [5, 5.41) is 0.633. The minimum atomic E-state index is -0.778. The van der Waals surface area contributed by atoms with Crippen LogP contribution < -0.4 is 0 Å². The van der Waals surface area contributed by atoms with Crippen LogP contribution >= 0.6 is 11.6 Å². The lowest BCUT2D eigenvalue weighted by Gasteiger charge is -2.30. The molecule has 3 atom stereocenters. The first-order chi connectivity index (χ1) is 9.95. The maximum absolute atomic E-state index is 12.8. The molecule has 0 saturated carbocycles. The van der Waals surface area contributed by atoms with Crippen molar-refractivity contribution in [3.05, 3.63) is 34.9 Å². The van der Waals surface area contributed by atoms with E-state index in [0.717, 1.165) is 5.56 Å². The summed E-state index contributed by atoms with van der Waals surface area (Å²) in [5.74, 6) is -0.199. The lowest BCUT2D eigenvalue weighted by atomic mass is 9.97. The average Bonchev–Trinajstić information content (AvgIpc) is 2.90. The number of nitrogens with zero attached hydrogens (tertiary/aromatic N) is 1. The molecule has 1 aliphatic heterocycles. The van der Waals surface area contributed by atoms with E-state index in [2.05, 4.69) is 0 Å². The van der Waals surface area contributed by atoms with E-state index in [1.54, 1.807) is 17.0 Å². The summed E-state index contributed by atoms with van der Waals surface area (Å²) in [7, 11) is 0. The van der Waals surface area contributed by atoms with Gasteiger partial charge in [0, 0.05) is 5.02 Å². The zero-order chi connectivity index (χ0) is 15.6. The van der Waals surface area contributed by atoms with E-state index < -0.39 is 6.23 Å². The summed E-state index contributed by atoms with van der Waals surface area (Å²) < 4.78 is 5.43. The normalized spacial score (nSPS) is 23.4. The molecule has 1 heterocycles. The van der Waals surface area contributed by atoms with Crippen molar-refractivity contribution in [1.82, 2.24) is 4.90 Å². The Balaban J connectivity index is 2.23. The predicted octanol–water partition coefficient (Wildman–Crippen LogP) is 2.85. The zero-order valence-corrected chi connectivity index (χ0v) is 13.2. The first-order valence-corrected chi connectivity index (χ1v) is 7.48. The quantitative estimate of drug-likeness (QED) is 0.804. The molecule has 0 bridgehead atoms. The van der Waals surface area contributed by atoms with Crippen molar-refractivity contribution in [2.75, 3.05) is 6.61 Å². The van der Waals surface area contributed by atoms with Gasteiger partial charge in [0.25, 0.3) is 0 Å². The molecule has 114 valence electrons. The number of aldehydes is 1. The van der Waals surface area contributed by atoms with E-state index in [1.807, 2.05) is 32.9 Å². The molecule has 1 unspecified atom stereocenters. The number of amides is 1. The van der Waals surface area contributed by atoms with Gasteiger partial charge < -0.3 is 9.64 Å². The van der Waals surface area contributed by atoms with Gasteiger partial charge in [-0.05, 0) is 30.5 Å². The third-order valence-corrected chi connectivity index (χ3v) is 4.20. The summed E-state index contributed by atoms with van der Waals surface area (Å²) >= 11 is 5.87. The lowest BCUT2D eigenvalue weighted by Crippen LogP contribution is -2.46. The molecule has 1 aromatic rings. The van der Waals surface area contributed by atoms with Crippen LogP contribution in [0.4, 0.5) is 0 Å². The number of carbonyl (C=O) groups excluding carboxylic acids is 2. The zero-order valence-electron chi connectivity index (χ0n) is 12.5. The second kappa shape index (κ2) is 6.58. The van der Waals surface area contributed by atoms with Crippen LogP contribution in [0.25, 0.3) is 0 Å². The fraction of sp³-hybridized carbons (Fsp3) is 0.500. The molecule has 1 aromatic carbocycles. The van der Waals surface area contributed by atoms with E-state index in [9.17, 15) is 9.59 Å². The van der Waals surface area contributed by atoms with Crippen LogP contribution in [0, 0.1) is 5.92 Å². The molecule has 21 heavy (non-hydrogen) atoms. The molecule has 1 amide bonds. The van der Waals surface area contributed by atoms with Crippen LogP contribution in [0.15, 0.2) is 24.3 Å². The first-order valence-electron chi connectivity index (χ1n) is 7.10. The monoisotopic (exact) mass is 309 g/mol. The Morgan fingerprint density at radius 1 is 1.33 bits per heavy atom. The van der Waals surface area contributed by atoms with Gasteiger partial charge in [0.1, 0.15) is 0 Å². The number of hydrogen-bond donors (Lipinski definition) is 0. The summed E-state index contributed by atoms with van der Waals surface area (Å²) in [6.07, 6.45) is -0.0888. The van der Waals surface area contributed by atoms with Crippen molar-refractivity contribution in [2.45, 2.75) is 39.0 Å². The van der Waals surface area contributed by atoms with Crippen LogP contribution in [-0.2, 0) is 14.3 Å². The molecule has 2 rings (SSSR count). The fourth-order valence-corrected chi connectivity index (χ4v) is 2.70. The molecular formula is C16H20ClNO3. The molecule has 0 N–H and O–H groups in total. The van der Waals surface area contributed by atoms with Crippen LogP contribution in [0.3, 0.4) is 0 Å². The van der Waals surface area contributed by atoms with Gasteiger partial charge in [-0.25, -0.2) is 0 Å². The predicted molar refractivity (Wildman–Crippen MR) is 81.1 cm³/mol. The van der Waals surface area contributed by atoms with Gasteiger partial charge in [0.05, 0.1) is 18.6 Å². The third kappa shape index (κ3) is 3.27. The molecule has 1 aliphatic rings. The van der Waals surface area contributed by atoms with Gasteiger partial charge in [-0.1, -0.05) is 37.6 Å². The van der Waals surface area contributed by atoms with Crippen molar-refractivity contribution in [1.29, 1.82) is 0 Å². The van der Waals surface area contributed by atoms with Crippen molar-refractivity contribution in [2.24, 2.45) is 5.92 Å². The van der Waals surface area contributed by atoms with Gasteiger partial charge in [-0.15, -0.1) is 0 Å². The molecule has 1 fully saturated rings. The second-order valence-electron chi connectivity index (χ2n) is 5.69. The van der Waals surface area contributed by atoms with Crippen molar-refractivity contribution >= 4 is 23.8 Å². The van der Waals surface area contributed by atoms with Crippen LogP contribution in [0.5, 0.6) is 0 Å². The molecule has 0 spiro atoms. The Morgan fingerprint density at radius 2 is 1.95 bits per heavy atom. The summed E-state index contributed by atoms with van der Waals surface area (Å²) in [6.45, 7) is 6.28. The fourth-order valence-electron chi connectivity index (χ4n) is 2.57. The Bertz CT molecular complexity index is 515. The van der Waals surface area contributed by atoms with Crippen molar-refractivity contribution in [3.63, 3.8) is 0 Å². The Kier molecular flexibility index (Phi) is 5.01. The summed E-state index contributed by atoms with van der Waals surface area (Å²) in [4.78, 5) is 25.5. The number of halogens is 1. The number of benzene rings is 1. The smallest absolute Gasteiger partial charge is 0.232 e. The molecule has 5 heteroatoms. The number of ether oxygens (including phenoxy) is 1. The summed E-state index contributed by atoms with van der Waals surface area (Å²) in [6, 6.07) is 7.13.